The summed E-state index contributed by atoms with van der Waals surface area (Å²) in [6, 6.07) is 16.7. The molecule has 0 radical (unpaired) electrons. The first-order valence-corrected chi connectivity index (χ1v) is 10.7. The number of para-hydroxylation sites is 1. The minimum absolute atomic E-state index is 0.143. The van der Waals surface area contributed by atoms with E-state index in [9.17, 15) is 4.79 Å². The normalized spacial score (nSPS) is 15.2. The van der Waals surface area contributed by atoms with Gasteiger partial charge >= 0.3 is 0 Å². The van der Waals surface area contributed by atoms with Gasteiger partial charge in [0.05, 0.1) is 6.04 Å². The quantitative estimate of drug-likeness (QED) is 0.213. The Kier molecular flexibility index (Phi) is 8.47. The van der Waals surface area contributed by atoms with Gasteiger partial charge in [-0.1, -0.05) is 36.3 Å². The summed E-state index contributed by atoms with van der Waals surface area (Å²) in [6.07, 6.45) is 1.47. The Morgan fingerprint density at radius 1 is 1.21 bits per heavy atom. The topological polar surface area (TPSA) is 118 Å². The largest absolute Gasteiger partial charge is 0.457 e. The van der Waals surface area contributed by atoms with Crippen LogP contribution in [0.25, 0.3) is 0 Å². The third-order valence-electron chi connectivity index (χ3n) is 5.23. The molecule has 0 bridgehead atoms. The Morgan fingerprint density at radius 3 is 2.48 bits per heavy atom. The summed E-state index contributed by atoms with van der Waals surface area (Å²) in [5.41, 5.74) is 19.9. The van der Waals surface area contributed by atoms with Crippen LogP contribution < -0.4 is 27.1 Å². The molecule has 1 unspecified atom stereocenters. The molecule has 1 fully saturated rings. The van der Waals surface area contributed by atoms with E-state index in [0.29, 0.717) is 31.0 Å². The van der Waals surface area contributed by atoms with Crippen LogP contribution in [-0.2, 0) is 4.79 Å². The number of aliphatic imine (C=N–C) groups is 1. The molecular formula is C25H30N6O2. The third-order valence-corrected chi connectivity index (χ3v) is 5.23. The lowest BCUT2D eigenvalue weighted by Crippen LogP contribution is -2.51. The van der Waals surface area contributed by atoms with Gasteiger partial charge < -0.3 is 26.5 Å². The van der Waals surface area contributed by atoms with E-state index in [1.165, 1.54) is 6.20 Å². The Balaban J connectivity index is 1.65. The average Bonchev–Trinajstić information content (AvgIpc) is 2.79. The second kappa shape index (κ2) is 11.7. The summed E-state index contributed by atoms with van der Waals surface area (Å²) in [4.78, 5) is 18.2. The van der Waals surface area contributed by atoms with Gasteiger partial charge in [0.25, 0.3) is 5.91 Å². The lowest BCUT2D eigenvalue weighted by atomic mass is 9.98. The van der Waals surface area contributed by atoms with E-state index in [-0.39, 0.29) is 11.8 Å². The Bertz CT molecular complexity index is 1050. The number of amidine groups is 1. The highest BCUT2D eigenvalue weighted by molar-refractivity contribution is 5.99. The highest BCUT2D eigenvalue weighted by Gasteiger charge is 2.29. The van der Waals surface area contributed by atoms with Crippen molar-refractivity contribution >= 4 is 11.7 Å². The van der Waals surface area contributed by atoms with Gasteiger partial charge in [-0.05, 0) is 42.7 Å². The van der Waals surface area contributed by atoms with E-state index in [4.69, 9.17) is 16.2 Å². The SMILES string of the molecule is CC#CC(=O)N1CC(CN=C(NNC)/C(=C\N)C(N)c2ccc(Oc3ccccc3)cc2)C1. The highest BCUT2D eigenvalue weighted by Crippen LogP contribution is 2.25. The van der Waals surface area contributed by atoms with Crippen molar-refractivity contribution in [1.29, 1.82) is 0 Å². The zero-order valence-corrected chi connectivity index (χ0v) is 18.9. The molecular weight excluding hydrogens is 416 g/mol. The predicted molar refractivity (Wildman–Crippen MR) is 130 cm³/mol. The second-order valence-electron chi connectivity index (χ2n) is 7.60. The number of hydrogen-bond acceptors (Lipinski definition) is 6. The van der Waals surface area contributed by atoms with Crippen LogP contribution in [0.2, 0.25) is 0 Å². The number of benzene rings is 2. The van der Waals surface area contributed by atoms with Gasteiger partial charge in [0, 0.05) is 44.4 Å². The summed E-state index contributed by atoms with van der Waals surface area (Å²) in [6.45, 7) is 3.48. The summed E-state index contributed by atoms with van der Waals surface area (Å²) in [7, 11) is 1.75. The van der Waals surface area contributed by atoms with Gasteiger partial charge in [0.2, 0.25) is 0 Å². The zero-order chi connectivity index (χ0) is 23.6. The molecule has 1 saturated heterocycles. The maximum absolute atomic E-state index is 11.8. The summed E-state index contributed by atoms with van der Waals surface area (Å²) < 4.78 is 5.85. The van der Waals surface area contributed by atoms with Gasteiger partial charge in [-0.25, -0.2) is 5.43 Å². The van der Waals surface area contributed by atoms with E-state index >= 15 is 0 Å². The third kappa shape index (κ3) is 6.35. The Morgan fingerprint density at radius 2 is 1.88 bits per heavy atom. The van der Waals surface area contributed by atoms with Crippen molar-refractivity contribution in [3.05, 3.63) is 71.9 Å². The number of carbonyl (C=O) groups excluding carboxylic acids is 1. The van der Waals surface area contributed by atoms with Crippen molar-refractivity contribution < 1.29 is 9.53 Å². The van der Waals surface area contributed by atoms with Crippen molar-refractivity contribution in [2.75, 3.05) is 26.7 Å². The van der Waals surface area contributed by atoms with Crippen molar-refractivity contribution in [1.82, 2.24) is 15.8 Å². The van der Waals surface area contributed by atoms with Crippen LogP contribution in [0.3, 0.4) is 0 Å². The van der Waals surface area contributed by atoms with E-state index in [2.05, 4.69) is 27.7 Å². The van der Waals surface area contributed by atoms with Crippen molar-refractivity contribution in [3.63, 3.8) is 0 Å². The zero-order valence-electron chi connectivity index (χ0n) is 18.9. The molecule has 1 heterocycles. The van der Waals surface area contributed by atoms with Crippen LogP contribution in [0.5, 0.6) is 11.5 Å². The fraction of sp³-hybridized carbons (Fsp3) is 0.280. The number of hydrogen-bond donors (Lipinski definition) is 4. The molecule has 2 aromatic carbocycles. The van der Waals surface area contributed by atoms with Crippen LogP contribution in [0, 0.1) is 17.8 Å². The van der Waals surface area contributed by atoms with Gasteiger partial charge in [-0.2, -0.15) is 0 Å². The number of amides is 1. The Labute approximate surface area is 194 Å². The van der Waals surface area contributed by atoms with Crippen LogP contribution in [0.1, 0.15) is 18.5 Å². The lowest BCUT2D eigenvalue weighted by Gasteiger charge is -2.37. The molecule has 2 aromatic rings. The number of rotatable bonds is 8. The van der Waals surface area contributed by atoms with Crippen LogP contribution in [-0.4, -0.2) is 43.3 Å². The standard InChI is InChI=1S/C25H30N6O2/c1-3-7-23(32)31-16-18(17-31)15-29-25(30-28-2)22(14-26)24(27)19-10-12-21(13-11-19)33-20-8-5-4-6-9-20/h4-6,8-14,18,24,28H,15-17,26-27H2,1-2H3,(H,29,30)/b22-14-. The number of ether oxygens (including phenoxy) is 1. The molecule has 6 N–H and O–H groups in total. The fourth-order valence-corrected chi connectivity index (χ4v) is 3.46. The lowest BCUT2D eigenvalue weighted by molar-refractivity contribution is -0.130. The molecule has 1 amide bonds. The number of likely N-dealkylation sites (tertiary alicyclic amines) is 1. The first kappa shape index (κ1) is 23.9. The van der Waals surface area contributed by atoms with E-state index in [1.807, 2.05) is 54.6 Å². The molecule has 3 rings (SSSR count). The maximum Gasteiger partial charge on any atom is 0.298 e. The number of carbonyl (C=O) groups is 1. The highest BCUT2D eigenvalue weighted by atomic mass is 16.5. The fourth-order valence-electron chi connectivity index (χ4n) is 3.46. The first-order chi connectivity index (χ1) is 16.0. The van der Waals surface area contributed by atoms with Crippen LogP contribution in [0.4, 0.5) is 0 Å². The molecule has 0 aromatic heterocycles. The summed E-state index contributed by atoms with van der Waals surface area (Å²) >= 11 is 0. The molecule has 0 aliphatic carbocycles. The first-order valence-electron chi connectivity index (χ1n) is 10.7. The van der Waals surface area contributed by atoms with Gasteiger partial charge in [-0.3, -0.25) is 9.79 Å². The molecule has 8 nitrogen and oxygen atoms in total. The molecule has 33 heavy (non-hydrogen) atoms. The summed E-state index contributed by atoms with van der Waals surface area (Å²) in [5, 5.41) is 0. The molecule has 0 spiro atoms. The number of nitrogens with two attached hydrogens (primary N) is 2. The second-order valence-corrected chi connectivity index (χ2v) is 7.60. The van der Waals surface area contributed by atoms with Crippen molar-refractivity contribution in [2.45, 2.75) is 13.0 Å². The van der Waals surface area contributed by atoms with Gasteiger partial charge in [-0.15, -0.1) is 0 Å². The maximum atomic E-state index is 11.8. The monoisotopic (exact) mass is 446 g/mol. The minimum Gasteiger partial charge on any atom is -0.457 e. The van der Waals surface area contributed by atoms with E-state index in [0.717, 1.165) is 17.1 Å². The van der Waals surface area contributed by atoms with Gasteiger partial charge in [0.15, 0.2) is 0 Å². The predicted octanol–water partition coefficient (Wildman–Crippen LogP) is 1.93. The number of nitrogens with zero attached hydrogens (tertiary/aromatic N) is 2. The molecule has 1 aliphatic heterocycles. The molecule has 172 valence electrons. The van der Waals surface area contributed by atoms with Crippen LogP contribution in [0.15, 0.2) is 71.4 Å². The van der Waals surface area contributed by atoms with Crippen LogP contribution >= 0.6 is 0 Å². The number of nitrogens with one attached hydrogen (secondary N) is 2. The smallest absolute Gasteiger partial charge is 0.298 e. The van der Waals surface area contributed by atoms with E-state index in [1.54, 1.807) is 18.9 Å². The molecule has 8 heteroatoms. The van der Waals surface area contributed by atoms with E-state index < -0.39 is 6.04 Å². The number of hydrazine groups is 1. The summed E-state index contributed by atoms with van der Waals surface area (Å²) in [5.74, 6) is 7.37. The average molecular weight is 447 g/mol. The van der Waals surface area contributed by atoms with Crippen molar-refractivity contribution in [3.8, 4) is 23.3 Å². The Hall–Kier alpha value is -3.80. The van der Waals surface area contributed by atoms with Crippen molar-refractivity contribution in [2.24, 2.45) is 22.4 Å². The molecule has 0 saturated carbocycles. The molecule has 1 atom stereocenters. The van der Waals surface area contributed by atoms with Gasteiger partial charge in [0.1, 0.15) is 17.3 Å². The molecule has 1 aliphatic rings. The minimum atomic E-state index is -0.486.